The summed E-state index contributed by atoms with van der Waals surface area (Å²) in [6.07, 6.45) is 11.0. The topological polar surface area (TPSA) is 60.4 Å². The fourth-order valence-electron chi connectivity index (χ4n) is 6.69. The number of Topliss-reactive ketones (excluding diaryl/α,β-unsaturated/α-hetero) is 2. The molecule has 0 spiro atoms. The van der Waals surface area contributed by atoms with Gasteiger partial charge in [0.25, 0.3) is 0 Å². The van der Waals surface area contributed by atoms with Crippen molar-refractivity contribution in [1.29, 1.82) is 0 Å². The molecule has 4 aliphatic rings. The van der Waals surface area contributed by atoms with E-state index < -0.39 is 5.97 Å². The minimum Gasteiger partial charge on any atom is -0.457 e. The number of hydrogen-bond acceptors (Lipinski definition) is 4. The molecule has 5 atom stereocenters. The molecule has 0 aromatic rings. The lowest BCUT2D eigenvalue weighted by molar-refractivity contribution is -0.145. The Hall–Kier alpha value is -1.71. The molecule has 0 bridgehead atoms. The van der Waals surface area contributed by atoms with Gasteiger partial charge >= 0.3 is 5.97 Å². The van der Waals surface area contributed by atoms with Gasteiger partial charge in [0.2, 0.25) is 0 Å². The number of esters is 1. The molecular weight excluding hydrogens is 340 g/mol. The summed E-state index contributed by atoms with van der Waals surface area (Å²) in [5.74, 6) is 1.61. The van der Waals surface area contributed by atoms with E-state index in [9.17, 15) is 14.4 Å². The van der Waals surface area contributed by atoms with Crippen LogP contribution in [0.1, 0.15) is 65.7 Å². The van der Waals surface area contributed by atoms with Crippen LogP contribution in [-0.4, -0.2) is 24.1 Å². The van der Waals surface area contributed by atoms with Crippen molar-refractivity contribution in [2.24, 2.45) is 28.6 Å². The van der Waals surface area contributed by atoms with Gasteiger partial charge in [0.05, 0.1) is 0 Å². The molecule has 4 nitrogen and oxygen atoms in total. The minimum absolute atomic E-state index is 0.0689. The van der Waals surface area contributed by atoms with Crippen molar-refractivity contribution in [2.75, 3.05) is 6.61 Å². The van der Waals surface area contributed by atoms with Gasteiger partial charge in [-0.2, -0.15) is 0 Å². The van der Waals surface area contributed by atoms with Crippen LogP contribution in [0.15, 0.2) is 23.3 Å². The van der Waals surface area contributed by atoms with Crippen LogP contribution < -0.4 is 0 Å². The van der Waals surface area contributed by atoms with E-state index >= 15 is 0 Å². The average Bonchev–Trinajstić information content (AvgIpc) is 2.97. The third-order valence-electron chi connectivity index (χ3n) is 8.23. The highest BCUT2D eigenvalue weighted by Crippen LogP contribution is 2.64. The van der Waals surface area contributed by atoms with Gasteiger partial charge in [0.15, 0.2) is 12.4 Å². The zero-order chi connectivity index (χ0) is 19.4. The fourth-order valence-corrected chi connectivity index (χ4v) is 6.69. The summed E-state index contributed by atoms with van der Waals surface area (Å²) in [5, 5.41) is 0. The normalized spacial score (nSPS) is 40.3. The molecule has 3 fully saturated rings. The summed E-state index contributed by atoms with van der Waals surface area (Å²) < 4.78 is 4.96. The Morgan fingerprint density at radius 3 is 2.67 bits per heavy atom. The highest BCUT2D eigenvalue weighted by atomic mass is 16.5. The summed E-state index contributed by atoms with van der Waals surface area (Å²) in [4.78, 5) is 35.7. The average molecular weight is 370 g/mol. The van der Waals surface area contributed by atoms with E-state index in [4.69, 9.17) is 4.74 Å². The Morgan fingerprint density at radius 1 is 1.15 bits per heavy atom. The second-order valence-electron chi connectivity index (χ2n) is 9.51. The maximum atomic E-state index is 12.7. The monoisotopic (exact) mass is 370 g/mol. The van der Waals surface area contributed by atoms with Crippen LogP contribution in [0.3, 0.4) is 0 Å². The van der Waals surface area contributed by atoms with Crippen molar-refractivity contribution in [3.8, 4) is 0 Å². The van der Waals surface area contributed by atoms with Crippen LogP contribution in [0.5, 0.6) is 0 Å². The molecule has 27 heavy (non-hydrogen) atoms. The number of ketones is 2. The molecule has 0 aromatic carbocycles. The quantitative estimate of drug-likeness (QED) is 0.699. The Morgan fingerprint density at radius 2 is 1.93 bits per heavy atom. The van der Waals surface area contributed by atoms with Gasteiger partial charge in [-0.05, 0) is 55.3 Å². The molecule has 4 rings (SSSR count). The molecule has 3 saturated carbocycles. The number of hydrogen-bond donors (Lipinski definition) is 0. The Balaban J connectivity index is 1.55. The maximum absolute atomic E-state index is 12.7. The molecule has 0 saturated heterocycles. The zero-order valence-electron chi connectivity index (χ0n) is 16.7. The van der Waals surface area contributed by atoms with Crippen molar-refractivity contribution < 1.29 is 19.1 Å². The SMILES string of the molecule is CC(=O)OCC(=O)C1=CC=C2[C@@H]3CCC4CC(=O)CC[C@]4(C)[C@H]3CC[C@]12C. The van der Waals surface area contributed by atoms with Gasteiger partial charge in [-0.25, -0.2) is 0 Å². The Kier molecular flexibility index (Phi) is 4.44. The van der Waals surface area contributed by atoms with Crippen LogP contribution in [0.2, 0.25) is 0 Å². The first kappa shape index (κ1) is 18.6. The number of carbonyl (C=O) groups is 3. The predicted octanol–water partition coefficient (Wildman–Crippen LogP) is 4.19. The molecular formula is C23H30O4. The van der Waals surface area contributed by atoms with Crippen LogP contribution >= 0.6 is 0 Å². The second-order valence-corrected chi connectivity index (χ2v) is 9.51. The number of carbonyl (C=O) groups excluding carboxylic acids is 3. The van der Waals surface area contributed by atoms with Gasteiger partial charge in [-0.15, -0.1) is 0 Å². The molecule has 146 valence electrons. The van der Waals surface area contributed by atoms with Crippen molar-refractivity contribution in [3.63, 3.8) is 0 Å². The van der Waals surface area contributed by atoms with Gasteiger partial charge < -0.3 is 4.74 Å². The van der Waals surface area contributed by atoms with Gasteiger partial charge in [0, 0.05) is 30.8 Å². The summed E-state index contributed by atoms with van der Waals surface area (Å²) in [6.45, 7) is 5.78. The minimum atomic E-state index is -0.415. The fraction of sp³-hybridized carbons (Fsp3) is 0.696. The lowest BCUT2D eigenvalue weighted by atomic mass is 9.46. The first-order valence-electron chi connectivity index (χ1n) is 10.4. The van der Waals surface area contributed by atoms with Gasteiger partial charge in [-0.1, -0.05) is 31.6 Å². The predicted molar refractivity (Wildman–Crippen MR) is 102 cm³/mol. The molecule has 0 N–H and O–H groups in total. The highest BCUT2D eigenvalue weighted by Gasteiger charge is 2.56. The summed E-state index contributed by atoms with van der Waals surface area (Å²) in [5.41, 5.74) is 2.25. The molecule has 1 unspecified atom stereocenters. The van der Waals surface area contributed by atoms with E-state index in [1.807, 2.05) is 6.08 Å². The van der Waals surface area contributed by atoms with Crippen LogP contribution in [-0.2, 0) is 19.1 Å². The zero-order valence-corrected chi connectivity index (χ0v) is 16.7. The van der Waals surface area contributed by atoms with Crippen LogP contribution in [0, 0.1) is 28.6 Å². The number of rotatable bonds is 3. The number of ether oxygens (including phenoxy) is 1. The van der Waals surface area contributed by atoms with Crippen molar-refractivity contribution in [2.45, 2.75) is 65.7 Å². The third kappa shape index (κ3) is 2.83. The van der Waals surface area contributed by atoms with Gasteiger partial charge in [-0.3, -0.25) is 14.4 Å². The number of allylic oxidation sites excluding steroid dienone is 3. The van der Waals surface area contributed by atoms with Crippen LogP contribution in [0.4, 0.5) is 0 Å². The van der Waals surface area contributed by atoms with E-state index in [-0.39, 0.29) is 23.2 Å². The van der Waals surface area contributed by atoms with Crippen LogP contribution in [0.25, 0.3) is 0 Å². The van der Waals surface area contributed by atoms with E-state index in [0.717, 1.165) is 50.5 Å². The van der Waals surface area contributed by atoms with Gasteiger partial charge in [0.1, 0.15) is 5.78 Å². The molecule has 0 aromatic heterocycles. The molecule has 0 heterocycles. The smallest absolute Gasteiger partial charge is 0.303 e. The van der Waals surface area contributed by atoms with E-state index in [1.54, 1.807) is 0 Å². The largest absolute Gasteiger partial charge is 0.457 e. The lowest BCUT2D eigenvalue weighted by Crippen LogP contribution is -2.51. The molecule has 0 aliphatic heterocycles. The van der Waals surface area contributed by atoms with Crippen molar-refractivity contribution in [1.82, 2.24) is 0 Å². The van der Waals surface area contributed by atoms with Crippen molar-refractivity contribution >= 4 is 17.5 Å². The van der Waals surface area contributed by atoms with E-state index in [1.165, 1.54) is 12.5 Å². The molecule has 4 aliphatic carbocycles. The summed E-state index contributed by atoms with van der Waals surface area (Å²) >= 11 is 0. The van der Waals surface area contributed by atoms with E-state index in [0.29, 0.717) is 23.5 Å². The molecule has 0 amide bonds. The first-order chi connectivity index (χ1) is 12.8. The lowest BCUT2D eigenvalue weighted by Gasteiger charge is -2.58. The third-order valence-corrected chi connectivity index (χ3v) is 8.23. The molecule has 0 radical (unpaired) electrons. The summed E-state index contributed by atoms with van der Waals surface area (Å²) in [6, 6.07) is 0. The van der Waals surface area contributed by atoms with Crippen molar-refractivity contribution in [3.05, 3.63) is 23.3 Å². The maximum Gasteiger partial charge on any atom is 0.303 e. The Labute approximate surface area is 161 Å². The molecule has 4 heteroatoms. The summed E-state index contributed by atoms with van der Waals surface area (Å²) in [7, 11) is 0. The Bertz CT molecular complexity index is 760. The highest BCUT2D eigenvalue weighted by molar-refractivity contribution is 6.00. The first-order valence-corrected chi connectivity index (χ1v) is 10.4. The standard InChI is InChI=1S/C23H30O4/c1-14(24)27-13-21(26)20-7-6-18-17-5-4-15-12-16(25)8-10-22(15,2)19(17)9-11-23(18,20)3/h6-7,15,17,19H,4-5,8-13H2,1-3H3/t15?,17-,19-,22-,23-/m0/s1. The van der Waals surface area contributed by atoms with E-state index in [2.05, 4.69) is 19.9 Å². The number of fused-ring (bicyclic) bond motifs is 5. The second kappa shape index (κ2) is 6.42.